The number of benzene rings is 1. The van der Waals surface area contributed by atoms with Gasteiger partial charge in [0.15, 0.2) is 22.4 Å². The van der Waals surface area contributed by atoms with Gasteiger partial charge >= 0.3 is 0 Å². The normalized spacial score (nSPS) is 11.3. The molecule has 0 bridgehead atoms. The molecule has 0 aliphatic heterocycles. The Morgan fingerprint density at radius 3 is 2.70 bits per heavy atom. The predicted molar refractivity (Wildman–Crippen MR) is 72.3 cm³/mol. The standard InChI is InChI=1S/C11H5Cl2N3O4/c12-2-1-3(13)9-4(7(2)17)8(18)5-10(20-9)6(11(14)19)16-15-5/h1,17H,(H2,14,19)(H,15,16). The topological polar surface area (TPSA) is 122 Å². The SMILES string of the molecule is NC(=O)c1[nH]nc2c(=O)c3c(O)c(Cl)cc(Cl)c3oc12. The van der Waals surface area contributed by atoms with Crippen LogP contribution in [0.25, 0.3) is 22.1 Å². The number of nitrogens with zero attached hydrogens (tertiary/aromatic N) is 1. The number of hydrogen-bond acceptors (Lipinski definition) is 5. The van der Waals surface area contributed by atoms with E-state index in [1.54, 1.807) is 0 Å². The highest BCUT2D eigenvalue weighted by Gasteiger charge is 2.22. The van der Waals surface area contributed by atoms with Gasteiger partial charge in [0.25, 0.3) is 5.91 Å². The lowest BCUT2D eigenvalue weighted by molar-refractivity contribution is 0.0996. The maximum atomic E-state index is 12.3. The largest absolute Gasteiger partial charge is 0.505 e. The molecule has 3 rings (SSSR count). The summed E-state index contributed by atoms with van der Waals surface area (Å²) in [6.07, 6.45) is 0. The predicted octanol–water partition coefficient (Wildman–Crippen LogP) is 1.78. The van der Waals surface area contributed by atoms with Crippen LogP contribution in [0.3, 0.4) is 0 Å². The summed E-state index contributed by atoms with van der Waals surface area (Å²) in [5.74, 6) is -1.31. The molecule has 4 N–H and O–H groups in total. The highest BCUT2D eigenvalue weighted by Crippen LogP contribution is 2.36. The second-order valence-electron chi connectivity index (χ2n) is 3.96. The van der Waals surface area contributed by atoms with Gasteiger partial charge in [-0.1, -0.05) is 23.2 Å². The summed E-state index contributed by atoms with van der Waals surface area (Å²) in [5, 5.41) is 15.5. The van der Waals surface area contributed by atoms with Crippen LogP contribution in [0, 0.1) is 0 Å². The second kappa shape index (κ2) is 4.12. The maximum Gasteiger partial charge on any atom is 0.270 e. The Bertz CT molecular complexity index is 944. The van der Waals surface area contributed by atoms with Crippen molar-refractivity contribution in [3.8, 4) is 5.75 Å². The minimum Gasteiger partial charge on any atom is -0.505 e. The van der Waals surface area contributed by atoms with Crippen LogP contribution >= 0.6 is 23.2 Å². The number of aromatic nitrogens is 2. The van der Waals surface area contributed by atoms with Crippen molar-refractivity contribution < 1.29 is 14.3 Å². The highest BCUT2D eigenvalue weighted by atomic mass is 35.5. The molecular weight excluding hydrogens is 309 g/mol. The van der Waals surface area contributed by atoms with E-state index >= 15 is 0 Å². The number of fused-ring (bicyclic) bond motifs is 2. The first-order valence-electron chi connectivity index (χ1n) is 5.23. The molecular formula is C11H5Cl2N3O4. The van der Waals surface area contributed by atoms with E-state index < -0.39 is 17.1 Å². The molecule has 0 saturated heterocycles. The molecule has 0 saturated carbocycles. The number of nitrogens with one attached hydrogen (secondary N) is 1. The molecule has 3 aromatic rings. The van der Waals surface area contributed by atoms with E-state index in [1.165, 1.54) is 6.07 Å². The molecule has 102 valence electrons. The number of hydrogen-bond donors (Lipinski definition) is 3. The van der Waals surface area contributed by atoms with Crippen LogP contribution in [0.15, 0.2) is 15.3 Å². The summed E-state index contributed by atoms with van der Waals surface area (Å²) >= 11 is 11.7. The van der Waals surface area contributed by atoms with Gasteiger partial charge in [-0.2, -0.15) is 5.10 Å². The average molecular weight is 314 g/mol. The van der Waals surface area contributed by atoms with Crippen LogP contribution in [-0.4, -0.2) is 21.2 Å². The molecule has 9 heteroatoms. The van der Waals surface area contributed by atoms with E-state index in [9.17, 15) is 14.7 Å². The molecule has 1 aromatic carbocycles. The zero-order valence-electron chi connectivity index (χ0n) is 9.53. The monoisotopic (exact) mass is 313 g/mol. The third kappa shape index (κ3) is 1.57. The van der Waals surface area contributed by atoms with Gasteiger partial charge in [0.2, 0.25) is 5.43 Å². The van der Waals surface area contributed by atoms with Crippen molar-refractivity contribution in [1.29, 1.82) is 0 Å². The van der Waals surface area contributed by atoms with E-state index in [2.05, 4.69) is 10.2 Å². The average Bonchev–Trinajstić information content (AvgIpc) is 2.80. The van der Waals surface area contributed by atoms with Crippen molar-refractivity contribution in [1.82, 2.24) is 10.2 Å². The summed E-state index contributed by atoms with van der Waals surface area (Å²) < 4.78 is 5.38. The lowest BCUT2D eigenvalue weighted by atomic mass is 10.2. The summed E-state index contributed by atoms with van der Waals surface area (Å²) in [5.41, 5.74) is 3.89. The number of amides is 1. The van der Waals surface area contributed by atoms with E-state index in [4.69, 9.17) is 33.4 Å². The Labute approximate surface area is 119 Å². The number of H-pyrrole nitrogens is 1. The number of aromatic amines is 1. The first kappa shape index (κ1) is 12.8. The van der Waals surface area contributed by atoms with E-state index in [0.717, 1.165) is 0 Å². The molecule has 7 nitrogen and oxygen atoms in total. The van der Waals surface area contributed by atoms with Gasteiger partial charge in [0.1, 0.15) is 11.1 Å². The summed E-state index contributed by atoms with van der Waals surface area (Å²) in [6.45, 7) is 0. The van der Waals surface area contributed by atoms with E-state index in [1.807, 2.05) is 0 Å². The number of primary amides is 1. The van der Waals surface area contributed by atoms with E-state index in [-0.39, 0.29) is 37.8 Å². The zero-order chi connectivity index (χ0) is 14.6. The fourth-order valence-electron chi connectivity index (χ4n) is 1.87. The molecule has 0 aliphatic carbocycles. The van der Waals surface area contributed by atoms with Crippen LogP contribution in [0.1, 0.15) is 10.5 Å². The number of phenols is 1. The molecule has 0 unspecified atom stereocenters. The minimum atomic E-state index is -0.843. The molecule has 0 atom stereocenters. The van der Waals surface area contributed by atoms with E-state index in [0.29, 0.717) is 0 Å². The molecule has 0 spiro atoms. The number of nitrogens with two attached hydrogens (primary N) is 1. The molecule has 0 fully saturated rings. The van der Waals surface area contributed by atoms with Crippen LogP contribution in [-0.2, 0) is 0 Å². The fourth-order valence-corrected chi connectivity index (χ4v) is 2.38. The van der Waals surface area contributed by atoms with Crippen LogP contribution in [0.4, 0.5) is 0 Å². The summed E-state index contributed by atoms with van der Waals surface area (Å²) in [6, 6.07) is 1.22. The summed E-state index contributed by atoms with van der Waals surface area (Å²) in [7, 11) is 0. The Balaban J connectivity index is 2.63. The first-order valence-corrected chi connectivity index (χ1v) is 5.99. The Kier molecular flexibility index (Phi) is 2.63. The number of phenolic OH excluding ortho intramolecular Hbond substituents is 1. The molecule has 1 amide bonds. The number of carbonyl (C=O) groups is 1. The summed E-state index contributed by atoms with van der Waals surface area (Å²) in [4.78, 5) is 23.5. The quantitative estimate of drug-likeness (QED) is 0.632. The van der Waals surface area contributed by atoms with Gasteiger partial charge in [-0.3, -0.25) is 14.7 Å². The Morgan fingerprint density at radius 1 is 1.35 bits per heavy atom. The van der Waals surface area contributed by atoms with Crippen molar-refractivity contribution in [3.63, 3.8) is 0 Å². The zero-order valence-corrected chi connectivity index (χ0v) is 11.0. The van der Waals surface area contributed by atoms with Crippen molar-refractivity contribution >= 4 is 51.2 Å². The van der Waals surface area contributed by atoms with Crippen molar-refractivity contribution in [2.75, 3.05) is 0 Å². The number of halogens is 2. The second-order valence-corrected chi connectivity index (χ2v) is 4.78. The molecule has 0 radical (unpaired) electrons. The van der Waals surface area contributed by atoms with Crippen LogP contribution < -0.4 is 11.2 Å². The molecule has 20 heavy (non-hydrogen) atoms. The third-order valence-electron chi connectivity index (χ3n) is 2.77. The van der Waals surface area contributed by atoms with Gasteiger partial charge in [-0.25, -0.2) is 0 Å². The lowest BCUT2D eigenvalue weighted by Crippen LogP contribution is -2.12. The number of carbonyl (C=O) groups excluding carboxylic acids is 1. The smallest absolute Gasteiger partial charge is 0.270 e. The Morgan fingerprint density at radius 2 is 2.05 bits per heavy atom. The van der Waals surface area contributed by atoms with Gasteiger partial charge in [-0.05, 0) is 6.07 Å². The third-order valence-corrected chi connectivity index (χ3v) is 3.34. The Hall–Kier alpha value is -2.25. The number of rotatable bonds is 1. The van der Waals surface area contributed by atoms with Crippen molar-refractivity contribution in [2.45, 2.75) is 0 Å². The van der Waals surface area contributed by atoms with Crippen LogP contribution in [0.5, 0.6) is 5.75 Å². The first-order chi connectivity index (χ1) is 9.41. The lowest BCUT2D eigenvalue weighted by Gasteiger charge is -2.04. The molecule has 2 aromatic heterocycles. The van der Waals surface area contributed by atoms with Gasteiger partial charge in [0, 0.05) is 0 Å². The van der Waals surface area contributed by atoms with Crippen molar-refractivity contribution in [2.24, 2.45) is 5.73 Å². The van der Waals surface area contributed by atoms with Crippen LogP contribution in [0.2, 0.25) is 10.0 Å². The molecule has 0 aliphatic rings. The van der Waals surface area contributed by atoms with Gasteiger partial charge in [0.05, 0.1) is 10.0 Å². The fraction of sp³-hybridized carbons (Fsp3) is 0. The number of aromatic hydroxyl groups is 1. The van der Waals surface area contributed by atoms with Gasteiger partial charge in [-0.15, -0.1) is 0 Å². The highest BCUT2D eigenvalue weighted by molar-refractivity contribution is 6.39. The maximum absolute atomic E-state index is 12.3. The minimum absolute atomic E-state index is 0.0124. The van der Waals surface area contributed by atoms with Crippen molar-refractivity contribution in [3.05, 3.63) is 32.0 Å². The molecule has 2 heterocycles. The van der Waals surface area contributed by atoms with Gasteiger partial charge < -0.3 is 15.3 Å².